The highest BCUT2D eigenvalue weighted by Crippen LogP contribution is 2.57. The number of methoxy groups -OCH3 is 1. The summed E-state index contributed by atoms with van der Waals surface area (Å²) in [5.74, 6) is 2.80. The van der Waals surface area contributed by atoms with Crippen molar-refractivity contribution in [2.24, 2.45) is 11.8 Å². The van der Waals surface area contributed by atoms with Crippen molar-refractivity contribution in [3.63, 3.8) is 0 Å². The number of aliphatic hydroxyl groups is 1. The quantitative estimate of drug-likeness (QED) is 0.645. The molecule has 2 atom stereocenters. The van der Waals surface area contributed by atoms with E-state index < -0.39 is 5.60 Å². The molecule has 160 valence electrons. The minimum atomic E-state index is -0.439. The fraction of sp³-hybridized carbons (Fsp3) is 0.520. The highest BCUT2D eigenvalue weighted by atomic mass is 35.5. The Morgan fingerprint density at radius 3 is 2.53 bits per heavy atom. The van der Waals surface area contributed by atoms with E-state index in [0.717, 1.165) is 37.1 Å². The fourth-order valence-corrected chi connectivity index (χ4v) is 6.61. The molecule has 0 saturated heterocycles. The third kappa shape index (κ3) is 3.93. The first-order valence-corrected chi connectivity index (χ1v) is 11.3. The van der Waals surface area contributed by atoms with Crippen molar-refractivity contribution in [2.45, 2.75) is 62.8 Å². The maximum atomic E-state index is 11.0. The molecule has 0 radical (unpaired) electrons. The van der Waals surface area contributed by atoms with Crippen molar-refractivity contribution < 1.29 is 14.6 Å². The number of halogens is 1. The molecule has 4 bridgehead atoms. The van der Waals surface area contributed by atoms with E-state index in [1.54, 1.807) is 7.11 Å². The van der Waals surface area contributed by atoms with E-state index in [0.29, 0.717) is 29.2 Å². The molecular formula is C25H30ClNO3. The van der Waals surface area contributed by atoms with Gasteiger partial charge in [0.2, 0.25) is 0 Å². The molecule has 0 heterocycles. The van der Waals surface area contributed by atoms with Crippen molar-refractivity contribution in [3.8, 4) is 11.5 Å². The molecule has 4 aliphatic rings. The predicted molar refractivity (Wildman–Crippen MR) is 118 cm³/mol. The molecule has 2 aromatic rings. The number of hydrogen-bond donors (Lipinski definition) is 2. The second-order valence-electron chi connectivity index (χ2n) is 9.68. The van der Waals surface area contributed by atoms with E-state index in [1.807, 2.05) is 36.4 Å². The van der Waals surface area contributed by atoms with Crippen molar-refractivity contribution in [3.05, 3.63) is 58.6 Å². The van der Waals surface area contributed by atoms with Gasteiger partial charge in [0.05, 0.1) is 12.7 Å². The van der Waals surface area contributed by atoms with Gasteiger partial charge in [-0.2, -0.15) is 0 Å². The van der Waals surface area contributed by atoms with Crippen LogP contribution in [0.4, 0.5) is 0 Å². The predicted octanol–water partition coefficient (Wildman–Crippen LogP) is 5.10. The standard InChI is InChI=1S/C25H30ClNO3/c1-29-23-9-17(6-7-22(23)30-15-20-4-2-3-5-21(20)26)14-27-24-10-18-8-19(11-24)13-25(28,12-18)16-24/h2-7,9,18-19,27-28H,8,10-16H2,1H3. The molecule has 2 unspecified atom stereocenters. The zero-order valence-corrected chi connectivity index (χ0v) is 18.3. The van der Waals surface area contributed by atoms with Gasteiger partial charge in [0.25, 0.3) is 0 Å². The lowest BCUT2D eigenvalue weighted by atomic mass is 9.51. The zero-order chi connectivity index (χ0) is 20.8. The van der Waals surface area contributed by atoms with Gasteiger partial charge < -0.3 is 19.9 Å². The third-order valence-electron chi connectivity index (χ3n) is 7.27. The summed E-state index contributed by atoms with van der Waals surface area (Å²) in [4.78, 5) is 0. The Labute approximate surface area is 183 Å². The molecule has 2 aromatic carbocycles. The van der Waals surface area contributed by atoms with Crippen LogP contribution in [-0.4, -0.2) is 23.4 Å². The number of rotatable bonds is 7. The number of ether oxygens (including phenoxy) is 2. The van der Waals surface area contributed by atoms with Crippen molar-refractivity contribution in [2.75, 3.05) is 7.11 Å². The Kier molecular flexibility index (Phi) is 5.20. The Morgan fingerprint density at radius 1 is 1.07 bits per heavy atom. The molecule has 30 heavy (non-hydrogen) atoms. The lowest BCUT2D eigenvalue weighted by Crippen LogP contribution is -2.64. The first-order valence-electron chi connectivity index (χ1n) is 11.0. The van der Waals surface area contributed by atoms with Crippen LogP contribution in [0.5, 0.6) is 11.5 Å². The zero-order valence-electron chi connectivity index (χ0n) is 17.5. The summed E-state index contributed by atoms with van der Waals surface area (Å²) >= 11 is 6.23. The third-order valence-corrected chi connectivity index (χ3v) is 7.64. The lowest BCUT2D eigenvalue weighted by Gasteiger charge is -2.60. The van der Waals surface area contributed by atoms with Crippen LogP contribution in [0.2, 0.25) is 5.02 Å². The average Bonchev–Trinajstić information content (AvgIpc) is 2.70. The topological polar surface area (TPSA) is 50.7 Å². The molecule has 2 N–H and O–H groups in total. The first-order chi connectivity index (χ1) is 14.5. The van der Waals surface area contributed by atoms with E-state index in [2.05, 4.69) is 11.4 Å². The normalized spacial score (nSPS) is 31.7. The van der Waals surface area contributed by atoms with E-state index in [-0.39, 0.29) is 5.54 Å². The summed E-state index contributed by atoms with van der Waals surface area (Å²) in [6, 6.07) is 13.8. The smallest absolute Gasteiger partial charge is 0.161 e. The van der Waals surface area contributed by atoms with Gasteiger partial charge >= 0.3 is 0 Å². The number of nitrogens with one attached hydrogen (secondary N) is 1. The van der Waals surface area contributed by atoms with Crippen LogP contribution in [0.15, 0.2) is 42.5 Å². The minimum absolute atomic E-state index is 0.0886. The summed E-state index contributed by atoms with van der Waals surface area (Å²) in [5.41, 5.74) is 1.77. The summed E-state index contributed by atoms with van der Waals surface area (Å²) < 4.78 is 11.6. The van der Waals surface area contributed by atoms with Crippen LogP contribution in [0, 0.1) is 11.8 Å². The second kappa shape index (κ2) is 7.74. The molecule has 5 heteroatoms. The molecule has 0 aromatic heterocycles. The van der Waals surface area contributed by atoms with E-state index in [1.165, 1.54) is 24.8 Å². The highest BCUT2D eigenvalue weighted by Gasteiger charge is 2.56. The van der Waals surface area contributed by atoms with Gasteiger partial charge in [0, 0.05) is 22.7 Å². The highest BCUT2D eigenvalue weighted by molar-refractivity contribution is 6.31. The number of hydrogen-bond acceptors (Lipinski definition) is 4. The van der Waals surface area contributed by atoms with Crippen LogP contribution in [-0.2, 0) is 13.2 Å². The number of benzene rings is 2. The van der Waals surface area contributed by atoms with Crippen LogP contribution in [0.3, 0.4) is 0 Å². The SMILES string of the molecule is COc1cc(CNC23CC4CC(CC(O)(C4)C2)C3)ccc1OCc1ccccc1Cl. The van der Waals surface area contributed by atoms with Crippen molar-refractivity contribution in [1.29, 1.82) is 0 Å². The monoisotopic (exact) mass is 427 g/mol. The summed E-state index contributed by atoms with van der Waals surface area (Å²) in [5, 5.41) is 15.5. The van der Waals surface area contributed by atoms with Crippen molar-refractivity contribution in [1.82, 2.24) is 5.32 Å². The Hall–Kier alpha value is -1.75. The maximum absolute atomic E-state index is 11.0. The maximum Gasteiger partial charge on any atom is 0.161 e. The second-order valence-corrected chi connectivity index (χ2v) is 10.1. The molecule has 4 nitrogen and oxygen atoms in total. The Balaban J connectivity index is 1.25. The Morgan fingerprint density at radius 2 is 1.83 bits per heavy atom. The van der Waals surface area contributed by atoms with E-state index >= 15 is 0 Å². The Bertz CT molecular complexity index is 916. The van der Waals surface area contributed by atoms with Gasteiger partial charge in [-0.15, -0.1) is 0 Å². The molecule has 4 aliphatic carbocycles. The fourth-order valence-electron chi connectivity index (χ4n) is 6.42. The van der Waals surface area contributed by atoms with Gasteiger partial charge in [-0.1, -0.05) is 35.9 Å². The molecule has 4 saturated carbocycles. The van der Waals surface area contributed by atoms with Crippen LogP contribution in [0.1, 0.15) is 49.7 Å². The van der Waals surface area contributed by atoms with E-state index in [4.69, 9.17) is 21.1 Å². The molecule has 4 fully saturated rings. The first kappa shape index (κ1) is 20.2. The molecule has 0 spiro atoms. The largest absolute Gasteiger partial charge is 0.493 e. The summed E-state index contributed by atoms with van der Waals surface area (Å²) in [6.07, 6.45) is 6.58. The molecule has 0 amide bonds. The van der Waals surface area contributed by atoms with Gasteiger partial charge in [-0.25, -0.2) is 0 Å². The van der Waals surface area contributed by atoms with Crippen LogP contribution >= 0.6 is 11.6 Å². The molecule has 0 aliphatic heterocycles. The van der Waals surface area contributed by atoms with Crippen molar-refractivity contribution >= 4 is 11.6 Å². The lowest BCUT2D eigenvalue weighted by molar-refractivity contribution is -0.142. The van der Waals surface area contributed by atoms with Crippen LogP contribution in [0.25, 0.3) is 0 Å². The van der Waals surface area contributed by atoms with Gasteiger partial charge in [-0.05, 0) is 74.1 Å². The molecule has 6 rings (SSSR count). The summed E-state index contributed by atoms with van der Waals surface area (Å²) in [6.45, 7) is 1.18. The van der Waals surface area contributed by atoms with Crippen LogP contribution < -0.4 is 14.8 Å². The summed E-state index contributed by atoms with van der Waals surface area (Å²) in [7, 11) is 1.67. The minimum Gasteiger partial charge on any atom is -0.493 e. The van der Waals surface area contributed by atoms with Gasteiger partial charge in [-0.3, -0.25) is 0 Å². The van der Waals surface area contributed by atoms with Gasteiger partial charge in [0.1, 0.15) is 6.61 Å². The molecular weight excluding hydrogens is 398 g/mol. The average molecular weight is 428 g/mol. The van der Waals surface area contributed by atoms with Gasteiger partial charge in [0.15, 0.2) is 11.5 Å². The van der Waals surface area contributed by atoms with E-state index in [9.17, 15) is 5.11 Å².